The van der Waals surface area contributed by atoms with E-state index in [0.717, 1.165) is 38.0 Å². The zero-order valence-electron chi connectivity index (χ0n) is 25.6. The van der Waals surface area contributed by atoms with Crippen LogP contribution in [0.3, 0.4) is 0 Å². The smallest absolute Gasteiger partial charge is 0.411 e. The molecule has 1 aliphatic carbocycles. The van der Waals surface area contributed by atoms with Crippen LogP contribution in [0.15, 0.2) is 18.2 Å². The van der Waals surface area contributed by atoms with Gasteiger partial charge in [0.25, 0.3) is 0 Å². The van der Waals surface area contributed by atoms with E-state index in [0.29, 0.717) is 18.7 Å². The number of likely N-dealkylation sites (tertiary alicyclic amines) is 2. The van der Waals surface area contributed by atoms with Crippen molar-refractivity contribution < 1.29 is 28.2 Å². The molecule has 42 heavy (non-hydrogen) atoms. The number of carbonyl (C=O) groups excluding carboxylic acids is 3. The Kier molecular flexibility index (Phi) is 7.70. The molecule has 3 aliphatic heterocycles. The van der Waals surface area contributed by atoms with Crippen LogP contribution in [0, 0.1) is 34.4 Å². The molecule has 1 spiro atoms. The number of nitrogens with zero attached hydrogens (tertiary/aromatic N) is 4. The maximum absolute atomic E-state index is 15.2. The van der Waals surface area contributed by atoms with Gasteiger partial charge in [-0.15, -0.1) is 0 Å². The maximum Gasteiger partial charge on any atom is 0.411 e. The van der Waals surface area contributed by atoms with Crippen molar-refractivity contribution in [3.05, 3.63) is 29.6 Å². The standard InChI is InChI=1S/C32H43FN4O5/c1-30(2,3)41-28(39)36-18-32(19-36)16-35(17-32)23-9-7-21(25(33)14-23)11-20(15-34)12-26(38)27-22-8-10-24(13-22)37(27)29(40)42-31(4,5)6/h7,9,14,20,22,24,27H,8,10-13,16-19H2,1-6H3/t20-,22+,24-,27+/m1/s1. The third-order valence-corrected chi connectivity index (χ3v) is 8.77. The van der Waals surface area contributed by atoms with Crippen molar-refractivity contribution in [1.82, 2.24) is 9.80 Å². The minimum atomic E-state index is -0.696. The Bertz CT molecular complexity index is 1280. The van der Waals surface area contributed by atoms with Crippen molar-refractivity contribution >= 4 is 23.7 Å². The van der Waals surface area contributed by atoms with Gasteiger partial charge in [-0.05, 0) is 90.8 Å². The highest BCUT2D eigenvalue weighted by Crippen LogP contribution is 2.45. The van der Waals surface area contributed by atoms with E-state index in [1.165, 1.54) is 6.07 Å². The molecule has 0 unspecified atom stereocenters. The minimum absolute atomic E-state index is 0.00899. The third kappa shape index (κ3) is 6.20. The number of rotatable bonds is 6. The summed E-state index contributed by atoms with van der Waals surface area (Å²) < 4.78 is 26.2. The Morgan fingerprint density at radius 1 is 1.02 bits per heavy atom. The van der Waals surface area contributed by atoms with E-state index in [9.17, 15) is 19.6 Å². The molecule has 1 aromatic carbocycles. The highest BCUT2D eigenvalue weighted by Gasteiger charge is 2.54. The number of Topliss-reactive ketones (excluding diaryl/α,β-unsaturated/α-hetero) is 1. The van der Waals surface area contributed by atoms with Crippen LogP contribution in [0.5, 0.6) is 0 Å². The van der Waals surface area contributed by atoms with Gasteiger partial charge < -0.3 is 19.3 Å². The van der Waals surface area contributed by atoms with E-state index in [-0.39, 0.29) is 42.1 Å². The Morgan fingerprint density at radius 2 is 1.67 bits per heavy atom. The van der Waals surface area contributed by atoms with Crippen molar-refractivity contribution in [2.75, 3.05) is 31.1 Å². The summed E-state index contributed by atoms with van der Waals surface area (Å²) in [6, 6.07) is 6.64. The summed E-state index contributed by atoms with van der Waals surface area (Å²) in [5.74, 6) is -1.17. The number of ketones is 1. The maximum atomic E-state index is 15.2. The lowest BCUT2D eigenvalue weighted by atomic mass is 9.73. The molecule has 1 saturated carbocycles. The quantitative estimate of drug-likeness (QED) is 0.448. The van der Waals surface area contributed by atoms with Crippen LogP contribution < -0.4 is 4.90 Å². The molecule has 0 aromatic heterocycles. The normalized spacial score (nSPS) is 25.0. The van der Waals surface area contributed by atoms with Crippen LogP contribution >= 0.6 is 0 Å². The Balaban J connectivity index is 1.15. The fourth-order valence-corrected chi connectivity index (χ4v) is 7.04. The molecule has 10 heteroatoms. The van der Waals surface area contributed by atoms with Crippen LogP contribution in [0.1, 0.15) is 72.8 Å². The Labute approximate surface area is 247 Å². The molecule has 228 valence electrons. The van der Waals surface area contributed by atoms with E-state index in [4.69, 9.17) is 9.47 Å². The number of halogens is 1. The summed E-state index contributed by atoms with van der Waals surface area (Å²) in [5, 5.41) is 9.86. The number of fused-ring (bicyclic) bond motifs is 2. The fraction of sp³-hybridized carbons (Fsp3) is 0.688. The molecule has 4 aliphatic rings. The van der Waals surface area contributed by atoms with Gasteiger partial charge in [0.15, 0.2) is 5.78 Å². The number of hydrogen-bond donors (Lipinski definition) is 0. The van der Waals surface area contributed by atoms with Gasteiger partial charge in [0.2, 0.25) is 0 Å². The first-order chi connectivity index (χ1) is 19.6. The van der Waals surface area contributed by atoms with Gasteiger partial charge in [-0.3, -0.25) is 9.69 Å². The van der Waals surface area contributed by atoms with Gasteiger partial charge in [0.05, 0.1) is 18.0 Å². The molecule has 1 aromatic rings. The van der Waals surface area contributed by atoms with E-state index >= 15 is 4.39 Å². The number of anilines is 1. The topological polar surface area (TPSA) is 103 Å². The summed E-state index contributed by atoms with van der Waals surface area (Å²) in [5.41, 5.74) is -0.0211. The highest BCUT2D eigenvalue weighted by molar-refractivity contribution is 5.89. The second-order valence-electron chi connectivity index (χ2n) is 14.7. The zero-order chi connectivity index (χ0) is 30.6. The van der Waals surface area contributed by atoms with Crippen molar-refractivity contribution in [2.45, 2.75) is 96.9 Å². The first-order valence-corrected chi connectivity index (χ1v) is 15.0. The molecule has 2 bridgehead atoms. The number of piperidine rings is 1. The zero-order valence-corrected chi connectivity index (χ0v) is 25.6. The fourth-order valence-electron chi connectivity index (χ4n) is 7.04. The van der Waals surface area contributed by atoms with Gasteiger partial charge in [0, 0.05) is 49.7 Å². The summed E-state index contributed by atoms with van der Waals surface area (Å²) in [4.78, 5) is 44.0. The molecule has 9 nitrogen and oxygen atoms in total. The minimum Gasteiger partial charge on any atom is -0.444 e. The number of ether oxygens (including phenoxy) is 2. The van der Waals surface area contributed by atoms with Crippen LogP contribution in [-0.2, 0) is 20.7 Å². The van der Waals surface area contributed by atoms with Gasteiger partial charge in [-0.25, -0.2) is 14.0 Å². The van der Waals surface area contributed by atoms with Crippen molar-refractivity contribution in [3.8, 4) is 6.07 Å². The molecule has 5 rings (SSSR count). The van der Waals surface area contributed by atoms with Gasteiger partial charge >= 0.3 is 12.2 Å². The first kappa shape index (κ1) is 30.1. The number of benzene rings is 1. The molecule has 4 atom stereocenters. The summed E-state index contributed by atoms with van der Waals surface area (Å²) in [6.45, 7) is 13.7. The number of nitriles is 1. The van der Waals surface area contributed by atoms with Gasteiger partial charge in [0.1, 0.15) is 17.0 Å². The summed E-state index contributed by atoms with van der Waals surface area (Å²) in [6.07, 6.45) is 1.82. The molecule has 2 amide bonds. The van der Waals surface area contributed by atoms with Crippen LogP contribution in [0.4, 0.5) is 19.7 Å². The van der Waals surface area contributed by atoms with Crippen molar-refractivity contribution in [2.24, 2.45) is 17.3 Å². The monoisotopic (exact) mass is 582 g/mol. The predicted octanol–water partition coefficient (Wildman–Crippen LogP) is 5.31. The van der Waals surface area contributed by atoms with E-state index in [1.54, 1.807) is 36.6 Å². The number of carbonyl (C=O) groups is 3. The number of hydrogen-bond acceptors (Lipinski definition) is 7. The number of amides is 2. The van der Waals surface area contributed by atoms with Crippen molar-refractivity contribution in [1.29, 1.82) is 5.26 Å². The first-order valence-electron chi connectivity index (χ1n) is 15.0. The molecular formula is C32H43FN4O5. The highest BCUT2D eigenvalue weighted by atomic mass is 19.1. The van der Waals surface area contributed by atoms with E-state index < -0.39 is 35.1 Å². The summed E-state index contributed by atoms with van der Waals surface area (Å²) >= 11 is 0. The van der Waals surface area contributed by atoms with Gasteiger partial charge in [-0.1, -0.05) is 6.07 Å². The average molecular weight is 583 g/mol. The SMILES string of the molecule is CC(C)(C)OC(=O)N1CC2(C1)CN(c1ccc(C[C@@H](C#N)CC(=O)[C@@H]3[C@H]4CC[C@H](C4)N3C(=O)OC(C)(C)C)c(F)c1)C2. The van der Waals surface area contributed by atoms with Crippen LogP contribution in [-0.4, -0.2) is 77.2 Å². The largest absolute Gasteiger partial charge is 0.444 e. The molecule has 0 N–H and O–H groups in total. The molecule has 0 radical (unpaired) electrons. The lowest BCUT2D eigenvalue weighted by Gasteiger charge is -2.60. The lowest BCUT2D eigenvalue weighted by molar-refractivity contribution is -0.126. The summed E-state index contributed by atoms with van der Waals surface area (Å²) in [7, 11) is 0. The van der Waals surface area contributed by atoms with Crippen molar-refractivity contribution in [3.63, 3.8) is 0 Å². The Hall–Kier alpha value is -3.35. The lowest BCUT2D eigenvalue weighted by Crippen LogP contribution is -2.73. The molecular weight excluding hydrogens is 539 g/mol. The molecule has 3 saturated heterocycles. The molecule has 4 fully saturated rings. The third-order valence-electron chi connectivity index (χ3n) is 8.77. The van der Waals surface area contributed by atoms with Gasteiger partial charge in [-0.2, -0.15) is 5.26 Å². The van der Waals surface area contributed by atoms with E-state index in [2.05, 4.69) is 11.0 Å². The van der Waals surface area contributed by atoms with Crippen LogP contribution in [0.2, 0.25) is 0 Å². The second kappa shape index (κ2) is 10.7. The predicted molar refractivity (Wildman–Crippen MR) is 154 cm³/mol. The average Bonchev–Trinajstić information content (AvgIpc) is 3.43. The second-order valence-corrected chi connectivity index (χ2v) is 14.7. The molecule has 3 heterocycles. The van der Waals surface area contributed by atoms with Crippen LogP contribution in [0.25, 0.3) is 0 Å². The van der Waals surface area contributed by atoms with E-state index in [1.807, 2.05) is 26.8 Å². The Morgan fingerprint density at radius 3 is 2.26 bits per heavy atom.